The number of piperidine rings is 1. The third kappa shape index (κ3) is 2.64. The molecule has 2 aliphatic rings. The molecule has 6 heteroatoms. The van der Waals surface area contributed by atoms with E-state index in [9.17, 15) is 14.7 Å². The molecule has 0 unspecified atom stereocenters. The van der Waals surface area contributed by atoms with Crippen molar-refractivity contribution >= 4 is 35.1 Å². The number of nitrogens with zero attached hydrogens (tertiary/aromatic N) is 1. The van der Waals surface area contributed by atoms with Crippen molar-refractivity contribution < 1.29 is 14.7 Å². The van der Waals surface area contributed by atoms with Crippen LogP contribution in [0.4, 0.5) is 4.79 Å². The van der Waals surface area contributed by atoms with Gasteiger partial charge >= 0.3 is 6.09 Å². The molecule has 1 aromatic carbocycles. The summed E-state index contributed by atoms with van der Waals surface area (Å²) < 4.78 is 0. The molecular formula is C17H17Cl2NO3. The fourth-order valence-corrected chi connectivity index (χ4v) is 4.12. The Morgan fingerprint density at radius 2 is 2.04 bits per heavy atom. The maximum Gasteiger partial charge on any atom is 0.407 e. The number of ketones is 1. The van der Waals surface area contributed by atoms with Gasteiger partial charge in [-0.05, 0) is 43.5 Å². The zero-order valence-electron chi connectivity index (χ0n) is 12.7. The van der Waals surface area contributed by atoms with E-state index in [1.807, 2.05) is 18.2 Å². The topological polar surface area (TPSA) is 57.6 Å². The van der Waals surface area contributed by atoms with Gasteiger partial charge in [0.2, 0.25) is 0 Å². The van der Waals surface area contributed by atoms with Crippen molar-refractivity contribution in [3.63, 3.8) is 0 Å². The van der Waals surface area contributed by atoms with Gasteiger partial charge in [-0.15, -0.1) is 0 Å². The number of hydrogen-bond donors (Lipinski definition) is 1. The Balaban J connectivity index is 1.99. The minimum Gasteiger partial charge on any atom is -0.465 e. The van der Waals surface area contributed by atoms with Crippen LogP contribution in [0.5, 0.6) is 0 Å². The molecule has 3 rings (SSSR count). The van der Waals surface area contributed by atoms with Crippen LogP contribution in [0.3, 0.4) is 0 Å². The Morgan fingerprint density at radius 3 is 2.65 bits per heavy atom. The SMILES string of the molecule is CC(=O)/C=C/[C@]12CN(C(=O)O)CC[C@@]1(c1ccc(Cl)c(Cl)c1)C2. The summed E-state index contributed by atoms with van der Waals surface area (Å²) in [5.41, 5.74) is 0.552. The molecule has 0 spiro atoms. The molecule has 2 atom stereocenters. The number of carbonyl (C=O) groups excluding carboxylic acids is 1. The van der Waals surface area contributed by atoms with E-state index in [0.717, 1.165) is 12.0 Å². The Labute approximate surface area is 144 Å². The molecule has 4 nitrogen and oxygen atoms in total. The number of amides is 1. The smallest absolute Gasteiger partial charge is 0.407 e. The first-order chi connectivity index (χ1) is 10.8. The fourth-order valence-electron chi connectivity index (χ4n) is 3.82. The molecular weight excluding hydrogens is 337 g/mol. The molecule has 122 valence electrons. The summed E-state index contributed by atoms with van der Waals surface area (Å²) in [7, 11) is 0. The minimum absolute atomic E-state index is 0.0400. The fraction of sp³-hybridized carbons (Fsp3) is 0.412. The van der Waals surface area contributed by atoms with Crippen LogP contribution in [0.2, 0.25) is 10.0 Å². The van der Waals surface area contributed by atoms with Crippen LogP contribution >= 0.6 is 23.2 Å². The van der Waals surface area contributed by atoms with Gasteiger partial charge in [0.05, 0.1) is 10.0 Å². The van der Waals surface area contributed by atoms with Gasteiger partial charge in [0.25, 0.3) is 0 Å². The highest BCUT2D eigenvalue weighted by Gasteiger charge is 2.68. The first-order valence-corrected chi connectivity index (χ1v) is 8.18. The number of halogens is 2. The molecule has 23 heavy (non-hydrogen) atoms. The third-order valence-corrected chi connectivity index (χ3v) is 5.85. The summed E-state index contributed by atoms with van der Waals surface area (Å²) in [6.07, 6.45) is 4.03. The first-order valence-electron chi connectivity index (χ1n) is 7.43. The molecule has 1 saturated carbocycles. The highest BCUT2D eigenvalue weighted by Crippen LogP contribution is 2.69. The molecule has 1 aromatic rings. The molecule has 1 saturated heterocycles. The van der Waals surface area contributed by atoms with Crippen LogP contribution in [0.25, 0.3) is 0 Å². The van der Waals surface area contributed by atoms with E-state index in [2.05, 4.69) is 0 Å². The van der Waals surface area contributed by atoms with E-state index in [4.69, 9.17) is 23.2 Å². The van der Waals surface area contributed by atoms with Crippen molar-refractivity contribution in [3.8, 4) is 0 Å². The second-order valence-electron chi connectivity index (χ2n) is 6.44. The molecule has 1 aliphatic carbocycles. The highest BCUT2D eigenvalue weighted by atomic mass is 35.5. The van der Waals surface area contributed by atoms with Crippen molar-refractivity contribution in [2.24, 2.45) is 5.41 Å². The van der Waals surface area contributed by atoms with Crippen LogP contribution in [-0.2, 0) is 10.2 Å². The molecule has 0 aromatic heterocycles. The second kappa shape index (κ2) is 5.53. The maximum atomic E-state index is 11.3. The van der Waals surface area contributed by atoms with Crippen LogP contribution in [0.1, 0.15) is 25.3 Å². The van der Waals surface area contributed by atoms with Crippen LogP contribution < -0.4 is 0 Å². The molecule has 0 bridgehead atoms. The van der Waals surface area contributed by atoms with Crippen LogP contribution in [-0.4, -0.2) is 35.0 Å². The van der Waals surface area contributed by atoms with Gasteiger partial charge in [0.15, 0.2) is 5.78 Å². The first kappa shape index (κ1) is 16.3. The van der Waals surface area contributed by atoms with Crippen molar-refractivity contribution in [1.29, 1.82) is 0 Å². The monoisotopic (exact) mass is 353 g/mol. The predicted octanol–water partition coefficient (Wildman–Crippen LogP) is 4.15. The lowest BCUT2D eigenvalue weighted by Gasteiger charge is -2.35. The normalized spacial score (nSPS) is 29.4. The third-order valence-electron chi connectivity index (χ3n) is 5.11. The lowest BCUT2D eigenvalue weighted by molar-refractivity contribution is -0.112. The summed E-state index contributed by atoms with van der Waals surface area (Å²) in [6.45, 7) is 2.37. The number of allylic oxidation sites excluding steroid dienone is 1. The molecule has 1 heterocycles. The zero-order valence-corrected chi connectivity index (χ0v) is 14.2. The Morgan fingerprint density at radius 1 is 1.30 bits per heavy atom. The lowest BCUT2D eigenvalue weighted by atomic mass is 9.80. The van der Waals surface area contributed by atoms with Crippen molar-refractivity contribution in [2.45, 2.75) is 25.2 Å². The van der Waals surface area contributed by atoms with E-state index < -0.39 is 6.09 Å². The van der Waals surface area contributed by atoms with E-state index in [-0.39, 0.29) is 16.6 Å². The van der Waals surface area contributed by atoms with E-state index in [1.165, 1.54) is 11.8 Å². The van der Waals surface area contributed by atoms with E-state index in [0.29, 0.717) is 29.6 Å². The van der Waals surface area contributed by atoms with Crippen molar-refractivity contribution in [2.75, 3.05) is 13.1 Å². The Bertz CT molecular complexity index is 718. The predicted molar refractivity (Wildman–Crippen MR) is 89.2 cm³/mol. The Kier molecular flexibility index (Phi) is 3.93. The number of fused-ring (bicyclic) bond motifs is 1. The van der Waals surface area contributed by atoms with Gasteiger partial charge in [-0.3, -0.25) is 4.79 Å². The lowest BCUT2D eigenvalue weighted by Crippen LogP contribution is -2.44. The summed E-state index contributed by atoms with van der Waals surface area (Å²) >= 11 is 12.2. The molecule has 0 radical (unpaired) electrons. The number of benzene rings is 1. The number of carboxylic acid groups (broad SMARTS) is 1. The number of likely N-dealkylation sites (tertiary alicyclic amines) is 1. The molecule has 1 N–H and O–H groups in total. The average molecular weight is 354 g/mol. The van der Waals surface area contributed by atoms with Crippen LogP contribution in [0, 0.1) is 5.41 Å². The van der Waals surface area contributed by atoms with E-state index in [1.54, 1.807) is 12.1 Å². The van der Waals surface area contributed by atoms with Crippen molar-refractivity contribution in [3.05, 3.63) is 46.0 Å². The number of hydrogen-bond acceptors (Lipinski definition) is 2. The van der Waals surface area contributed by atoms with Gasteiger partial charge < -0.3 is 10.0 Å². The molecule has 1 aliphatic heterocycles. The quantitative estimate of drug-likeness (QED) is 0.830. The Hall–Kier alpha value is -1.52. The van der Waals surface area contributed by atoms with E-state index >= 15 is 0 Å². The van der Waals surface area contributed by atoms with Gasteiger partial charge in [0.1, 0.15) is 0 Å². The van der Waals surface area contributed by atoms with Crippen LogP contribution in [0.15, 0.2) is 30.4 Å². The van der Waals surface area contributed by atoms with Gasteiger partial charge in [-0.25, -0.2) is 4.79 Å². The minimum atomic E-state index is -0.921. The van der Waals surface area contributed by atoms with Gasteiger partial charge in [0, 0.05) is 23.9 Å². The highest BCUT2D eigenvalue weighted by molar-refractivity contribution is 6.42. The molecule has 1 amide bonds. The maximum absolute atomic E-state index is 11.3. The van der Waals surface area contributed by atoms with Gasteiger partial charge in [-0.1, -0.05) is 35.3 Å². The molecule has 2 fully saturated rings. The number of carbonyl (C=O) groups is 2. The summed E-state index contributed by atoms with van der Waals surface area (Å²) in [6, 6.07) is 5.59. The number of rotatable bonds is 3. The second-order valence-corrected chi connectivity index (χ2v) is 7.26. The zero-order chi connectivity index (χ0) is 16.8. The summed E-state index contributed by atoms with van der Waals surface area (Å²) in [5.74, 6) is -0.0400. The summed E-state index contributed by atoms with van der Waals surface area (Å²) in [5, 5.41) is 10.3. The standard InChI is InChI=1S/C17H17Cl2NO3/c1-11(21)4-5-16-9-17(16,6-7-20(10-16)15(22)23)12-2-3-13(18)14(19)8-12/h2-5,8H,6-7,9-10H2,1H3,(H,22,23)/b5-4+/t16-,17-/m0/s1. The average Bonchev–Trinajstić information content (AvgIpc) is 3.17. The summed E-state index contributed by atoms with van der Waals surface area (Å²) in [4.78, 5) is 24.1. The van der Waals surface area contributed by atoms with Gasteiger partial charge in [-0.2, -0.15) is 0 Å². The largest absolute Gasteiger partial charge is 0.465 e. The van der Waals surface area contributed by atoms with Crippen molar-refractivity contribution in [1.82, 2.24) is 4.90 Å².